The predicted molar refractivity (Wildman–Crippen MR) is 110 cm³/mol. The third-order valence-corrected chi connectivity index (χ3v) is 5.62. The van der Waals surface area contributed by atoms with Gasteiger partial charge in [-0.2, -0.15) is 0 Å². The molecule has 0 bridgehead atoms. The highest BCUT2D eigenvalue weighted by molar-refractivity contribution is 5.79. The Bertz CT molecular complexity index is 403. The van der Waals surface area contributed by atoms with Crippen LogP contribution in [0.25, 0.3) is 0 Å². The molecule has 2 aliphatic heterocycles. The van der Waals surface area contributed by atoms with E-state index in [1.165, 1.54) is 38.9 Å². The lowest BCUT2D eigenvalue weighted by Crippen LogP contribution is -2.53. The molecule has 2 saturated heterocycles. The zero-order valence-electron chi connectivity index (χ0n) is 17.5. The normalized spacial score (nSPS) is 23.0. The SMILES string of the molecule is CN=C(NCC(C)CN1CCCCC1)NCC(C(C)C)N1CCOCC1. The van der Waals surface area contributed by atoms with Gasteiger partial charge in [-0.1, -0.05) is 27.2 Å². The van der Waals surface area contributed by atoms with Gasteiger partial charge in [-0.15, -0.1) is 0 Å². The molecule has 0 aromatic heterocycles. The number of rotatable bonds is 8. The highest BCUT2D eigenvalue weighted by Gasteiger charge is 2.24. The van der Waals surface area contributed by atoms with Gasteiger partial charge in [0.1, 0.15) is 0 Å². The number of nitrogens with one attached hydrogen (secondary N) is 2. The molecule has 0 amide bonds. The quantitative estimate of drug-likeness (QED) is 0.504. The molecule has 0 aromatic carbocycles. The van der Waals surface area contributed by atoms with Crippen molar-refractivity contribution in [2.24, 2.45) is 16.8 Å². The van der Waals surface area contributed by atoms with Crippen molar-refractivity contribution in [3.8, 4) is 0 Å². The van der Waals surface area contributed by atoms with Crippen LogP contribution in [0, 0.1) is 11.8 Å². The van der Waals surface area contributed by atoms with Crippen LogP contribution in [-0.4, -0.2) is 87.9 Å². The minimum atomic E-state index is 0.517. The van der Waals surface area contributed by atoms with Gasteiger partial charge in [-0.3, -0.25) is 9.89 Å². The van der Waals surface area contributed by atoms with Gasteiger partial charge >= 0.3 is 0 Å². The smallest absolute Gasteiger partial charge is 0.191 e. The molecule has 2 aliphatic rings. The summed E-state index contributed by atoms with van der Waals surface area (Å²) in [6.07, 6.45) is 4.13. The van der Waals surface area contributed by atoms with Crippen molar-refractivity contribution in [3.63, 3.8) is 0 Å². The number of aliphatic imine (C=N–C) groups is 1. The number of likely N-dealkylation sites (tertiary alicyclic amines) is 1. The lowest BCUT2D eigenvalue weighted by molar-refractivity contribution is 0.00752. The van der Waals surface area contributed by atoms with Crippen LogP contribution in [0.3, 0.4) is 0 Å². The Morgan fingerprint density at radius 2 is 1.62 bits per heavy atom. The summed E-state index contributed by atoms with van der Waals surface area (Å²) in [4.78, 5) is 9.58. The fourth-order valence-electron chi connectivity index (χ4n) is 4.04. The first-order chi connectivity index (χ1) is 12.6. The van der Waals surface area contributed by atoms with E-state index in [1.54, 1.807) is 0 Å². The summed E-state index contributed by atoms with van der Waals surface area (Å²) in [5.74, 6) is 2.16. The van der Waals surface area contributed by atoms with Crippen LogP contribution in [0.15, 0.2) is 4.99 Å². The summed E-state index contributed by atoms with van der Waals surface area (Å²) in [5, 5.41) is 7.07. The molecule has 6 heteroatoms. The van der Waals surface area contributed by atoms with Gasteiger partial charge in [-0.05, 0) is 37.8 Å². The maximum absolute atomic E-state index is 5.50. The molecular formula is C20H41N5O. The van der Waals surface area contributed by atoms with Crippen LogP contribution in [-0.2, 0) is 4.74 Å². The number of hydrogen-bond donors (Lipinski definition) is 2. The van der Waals surface area contributed by atoms with E-state index in [-0.39, 0.29) is 0 Å². The highest BCUT2D eigenvalue weighted by Crippen LogP contribution is 2.12. The first kappa shape index (κ1) is 21.5. The average Bonchev–Trinajstić information content (AvgIpc) is 2.66. The summed E-state index contributed by atoms with van der Waals surface area (Å²) >= 11 is 0. The van der Waals surface area contributed by atoms with E-state index in [0.717, 1.165) is 45.4 Å². The molecule has 2 heterocycles. The monoisotopic (exact) mass is 367 g/mol. The molecule has 0 radical (unpaired) electrons. The van der Waals surface area contributed by atoms with E-state index in [1.807, 2.05) is 7.05 Å². The van der Waals surface area contributed by atoms with E-state index in [9.17, 15) is 0 Å². The van der Waals surface area contributed by atoms with Crippen LogP contribution < -0.4 is 10.6 Å². The number of morpholine rings is 1. The van der Waals surface area contributed by atoms with Gasteiger partial charge in [0, 0.05) is 45.8 Å². The molecule has 0 saturated carbocycles. The summed E-state index contributed by atoms with van der Waals surface area (Å²) in [6, 6.07) is 0.517. The molecule has 0 aliphatic carbocycles. The molecule has 2 unspecified atom stereocenters. The summed E-state index contributed by atoms with van der Waals surface area (Å²) < 4.78 is 5.50. The largest absolute Gasteiger partial charge is 0.379 e. The zero-order chi connectivity index (χ0) is 18.8. The van der Waals surface area contributed by atoms with Crippen molar-refractivity contribution in [2.45, 2.75) is 46.1 Å². The van der Waals surface area contributed by atoms with Crippen molar-refractivity contribution in [2.75, 3.05) is 66.1 Å². The molecule has 2 N–H and O–H groups in total. The van der Waals surface area contributed by atoms with Crippen molar-refractivity contribution in [1.82, 2.24) is 20.4 Å². The van der Waals surface area contributed by atoms with Gasteiger partial charge in [0.15, 0.2) is 5.96 Å². The molecule has 0 spiro atoms. The highest BCUT2D eigenvalue weighted by atomic mass is 16.5. The third-order valence-electron chi connectivity index (χ3n) is 5.62. The number of piperidine rings is 1. The number of hydrogen-bond acceptors (Lipinski definition) is 4. The molecule has 2 atom stereocenters. The minimum absolute atomic E-state index is 0.517. The first-order valence-electron chi connectivity index (χ1n) is 10.6. The minimum Gasteiger partial charge on any atom is -0.379 e. The Hall–Kier alpha value is -0.850. The van der Waals surface area contributed by atoms with Gasteiger partial charge in [0.05, 0.1) is 13.2 Å². The van der Waals surface area contributed by atoms with Crippen LogP contribution in [0.2, 0.25) is 0 Å². The Morgan fingerprint density at radius 1 is 0.962 bits per heavy atom. The van der Waals surface area contributed by atoms with Gasteiger partial charge in [0.25, 0.3) is 0 Å². The van der Waals surface area contributed by atoms with E-state index in [2.05, 4.69) is 46.2 Å². The Labute approximate surface area is 160 Å². The Kier molecular flexibility index (Phi) is 9.72. The van der Waals surface area contributed by atoms with E-state index < -0.39 is 0 Å². The summed E-state index contributed by atoms with van der Waals surface area (Å²) in [7, 11) is 1.86. The van der Waals surface area contributed by atoms with E-state index in [0.29, 0.717) is 17.9 Å². The molecule has 2 fully saturated rings. The lowest BCUT2D eigenvalue weighted by Gasteiger charge is -2.37. The maximum Gasteiger partial charge on any atom is 0.191 e. The fraction of sp³-hybridized carbons (Fsp3) is 0.950. The maximum atomic E-state index is 5.50. The topological polar surface area (TPSA) is 52.1 Å². The first-order valence-corrected chi connectivity index (χ1v) is 10.6. The van der Waals surface area contributed by atoms with E-state index in [4.69, 9.17) is 4.74 Å². The van der Waals surface area contributed by atoms with Gasteiger partial charge in [-0.25, -0.2) is 0 Å². The van der Waals surface area contributed by atoms with Crippen LogP contribution in [0.1, 0.15) is 40.0 Å². The third kappa shape index (κ3) is 7.41. The van der Waals surface area contributed by atoms with Gasteiger partial charge < -0.3 is 20.3 Å². The molecular weight excluding hydrogens is 326 g/mol. The Morgan fingerprint density at radius 3 is 2.23 bits per heavy atom. The van der Waals surface area contributed by atoms with Crippen LogP contribution in [0.4, 0.5) is 0 Å². The molecule has 2 rings (SSSR count). The lowest BCUT2D eigenvalue weighted by atomic mass is 10.0. The second kappa shape index (κ2) is 11.8. The standard InChI is InChI=1S/C20H41N5O/c1-17(2)19(25-10-12-26-13-11-25)15-23-20(21-4)22-14-18(3)16-24-8-6-5-7-9-24/h17-19H,5-16H2,1-4H3,(H2,21,22,23). The predicted octanol–water partition coefficient (Wildman–Crippen LogP) is 1.63. The second-order valence-electron chi connectivity index (χ2n) is 8.26. The van der Waals surface area contributed by atoms with Gasteiger partial charge in [0.2, 0.25) is 0 Å². The molecule has 152 valence electrons. The summed E-state index contributed by atoms with van der Waals surface area (Å²) in [6.45, 7) is 16.3. The van der Waals surface area contributed by atoms with Crippen LogP contribution in [0.5, 0.6) is 0 Å². The van der Waals surface area contributed by atoms with E-state index >= 15 is 0 Å². The fourth-order valence-corrected chi connectivity index (χ4v) is 4.04. The number of guanidine groups is 1. The number of nitrogens with zero attached hydrogens (tertiary/aromatic N) is 3. The average molecular weight is 368 g/mol. The van der Waals surface area contributed by atoms with Crippen LogP contribution >= 0.6 is 0 Å². The number of ether oxygens (including phenoxy) is 1. The van der Waals surface area contributed by atoms with Crippen molar-refractivity contribution < 1.29 is 4.74 Å². The molecule has 6 nitrogen and oxygen atoms in total. The molecule has 26 heavy (non-hydrogen) atoms. The van der Waals surface area contributed by atoms with Crippen molar-refractivity contribution in [3.05, 3.63) is 0 Å². The Balaban J connectivity index is 1.71. The second-order valence-corrected chi connectivity index (χ2v) is 8.26. The zero-order valence-corrected chi connectivity index (χ0v) is 17.5. The summed E-state index contributed by atoms with van der Waals surface area (Å²) in [5.41, 5.74) is 0. The van der Waals surface area contributed by atoms with Crippen molar-refractivity contribution >= 4 is 5.96 Å². The molecule has 0 aromatic rings. The van der Waals surface area contributed by atoms with Crippen molar-refractivity contribution in [1.29, 1.82) is 0 Å².